The minimum atomic E-state index is -0.134. The predicted octanol–water partition coefficient (Wildman–Crippen LogP) is 2.36. The number of nitrogens with zero attached hydrogens (tertiary/aromatic N) is 1. The van der Waals surface area contributed by atoms with Crippen molar-refractivity contribution in [3.63, 3.8) is 0 Å². The highest BCUT2D eigenvalue weighted by atomic mass is 16.5. The lowest BCUT2D eigenvalue weighted by molar-refractivity contribution is -0.116. The van der Waals surface area contributed by atoms with E-state index in [0.29, 0.717) is 6.54 Å². The maximum Gasteiger partial charge on any atom is 0.244 e. The van der Waals surface area contributed by atoms with Crippen molar-refractivity contribution >= 4 is 12.0 Å². The topological polar surface area (TPSA) is 67.0 Å². The van der Waals surface area contributed by atoms with Gasteiger partial charge in [0.2, 0.25) is 5.91 Å². The Bertz CT molecular complexity index is 623. The second-order valence-electron chi connectivity index (χ2n) is 4.74. The lowest BCUT2D eigenvalue weighted by Gasteiger charge is -2.02. The Morgan fingerprint density at radius 1 is 1.33 bits per heavy atom. The fraction of sp³-hybridized carbons (Fsp3) is 0.250. The Morgan fingerprint density at radius 2 is 2.05 bits per heavy atom. The number of methoxy groups -OCH3 is 1. The Kier molecular flexibility index (Phi) is 4.77. The number of carbonyl (C=O) groups is 1. The zero-order valence-electron chi connectivity index (χ0n) is 12.4. The smallest absolute Gasteiger partial charge is 0.244 e. The number of aromatic amines is 1. The number of benzene rings is 1. The first kappa shape index (κ1) is 14.8. The quantitative estimate of drug-likeness (QED) is 0.829. The van der Waals surface area contributed by atoms with Crippen molar-refractivity contribution in [3.05, 3.63) is 52.9 Å². The highest BCUT2D eigenvalue weighted by Crippen LogP contribution is 2.12. The number of nitrogens with one attached hydrogen (secondary N) is 2. The number of hydrogen-bond donors (Lipinski definition) is 2. The van der Waals surface area contributed by atoms with Crippen LogP contribution in [0.25, 0.3) is 6.08 Å². The summed E-state index contributed by atoms with van der Waals surface area (Å²) in [6.45, 7) is 4.33. The Balaban J connectivity index is 1.90. The van der Waals surface area contributed by atoms with Crippen LogP contribution in [0.2, 0.25) is 0 Å². The summed E-state index contributed by atoms with van der Waals surface area (Å²) < 4.78 is 5.08. The highest BCUT2D eigenvalue weighted by Gasteiger charge is 2.06. The van der Waals surface area contributed by atoms with Gasteiger partial charge in [-0.05, 0) is 37.6 Å². The third kappa shape index (κ3) is 3.95. The summed E-state index contributed by atoms with van der Waals surface area (Å²) in [5.74, 6) is 0.660. The van der Waals surface area contributed by atoms with E-state index in [1.807, 2.05) is 38.1 Å². The molecule has 0 aliphatic carbocycles. The third-order valence-electron chi connectivity index (χ3n) is 3.26. The lowest BCUT2D eigenvalue weighted by atomic mass is 10.2. The molecule has 2 aromatic rings. The van der Waals surface area contributed by atoms with Crippen LogP contribution in [-0.2, 0) is 11.3 Å². The van der Waals surface area contributed by atoms with Crippen LogP contribution in [0.4, 0.5) is 0 Å². The first-order chi connectivity index (χ1) is 10.1. The average Bonchev–Trinajstić information content (AvgIpc) is 2.82. The Labute approximate surface area is 124 Å². The summed E-state index contributed by atoms with van der Waals surface area (Å²) in [6, 6.07) is 7.51. The zero-order valence-corrected chi connectivity index (χ0v) is 12.4. The molecule has 0 atom stereocenters. The van der Waals surface area contributed by atoms with Gasteiger partial charge in [-0.3, -0.25) is 9.89 Å². The minimum Gasteiger partial charge on any atom is -0.497 e. The molecule has 0 saturated heterocycles. The molecular weight excluding hydrogens is 266 g/mol. The summed E-state index contributed by atoms with van der Waals surface area (Å²) in [5, 5.41) is 9.85. The van der Waals surface area contributed by atoms with Crippen molar-refractivity contribution < 1.29 is 9.53 Å². The van der Waals surface area contributed by atoms with Crippen LogP contribution < -0.4 is 10.1 Å². The fourth-order valence-electron chi connectivity index (χ4n) is 1.96. The molecule has 0 aliphatic rings. The van der Waals surface area contributed by atoms with Gasteiger partial charge in [0.05, 0.1) is 12.8 Å². The van der Waals surface area contributed by atoms with Gasteiger partial charge >= 0.3 is 0 Å². The van der Waals surface area contributed by atoms with E-state index in [1.54, 1.807) is 13.2 Å². The summed E-state index contributed by atoms with van der Waals surface area (Å²) in [4.78, 5) is 11.8. The number of rotatable bonds is 5. The lowest BCUT2D eigenvalue weighted by Crippen LogP contribution is -2.20. The van der Waals surface area contributed by atoms with Gasteiger partial charge in [-0.2, -0.15) is 5.10 Å². The molecule has 5 nitrogen and oxygen atoms in total. The molecule has 1 aromatic heterocycles. The van der Waals surface area contributed by atoms with Crippen molar-refractivity contribution in [3.8, 4) is 5.75 Å². The molecule has 1 heterocycles. The second kappa shape index (κ2) is 6.74. The van der Waals surface area contributed by atoms with Gasteiger partial charge in [-0.1, -0.05) is 12.1 Å². The molecule has 0 aliphatic heterocycles. The van der Waals surface area contributed by atoms with E-state index < -0.39 is 0 Å². The first-order valence-electron chi connectivity index (χ1n) is 6.70. The maximum atomic E-state index is 11.8. The van der Waals surface area contributed by atoms with E-state index in [2.05, 4.69) is 15.5 Å². The van der Waals surface area contributed by atoms with Crippen LogP contribution in [0.5, 0.6) is 5.75 Å². The van der Waals surface area contributed by atoms with Crippen LogP contribution >= 0.6 is 0 Å². The largest absolute Gasteiger partial charge is 0.497 e. The molecule has 0 spiro atoms. The number of ether oxygens (including phenoxy) is 1. The number of aryl methyl sites for hydroxylation is 2. The number of amides is 1. The second-order valence-corrected chi connectivity index (χ2v) is 4.74. The zero-order chi connectivity index (χ0) is 15.2. The molecule has 1 aromatic carbocycles. The van der Waals surface area contributed by atoms with Gasteiger partial charge in [-0.25, -0.2) is 0 Å². The third-order valence-corrected chi connectivity index (χ3v) is 3.26. The van der Waals surface area contributed by atoms with Gasteiger partial charge in [0, 0.05) is 23.9 Å². The van der Waals surface area contributed by atoms with E-state index in [0.717, 1.165) is 28.3 Å². The van der Waals surface area contributed by atoms with Gasteiger partial charge in [0.1, 0.15) is 5.75 Å². The highest BCUT2D eigenvalue weighted by molar-refractivity contribution is 5.91. The molecule has 0 radical (unpaired) electrons. The molecule has 5 heteroatoms. The summed E-state index contributed by atoms with van der Waals surface area (Å²) in [7, 11) is 1.62. The standard InChI is InChI=1S/C16H19N3O2/c1-11-15(12(2)19-18-11)10-17-16(20)9-6-13-4-7-14(21-3)8-5-13/h4-9H,10H2,1-3H3,(H,17,20)(H,18,19)/b9-6+. The Hall–Kier alpha value is -2.56. The van der Waals surface area contributed by atoms with E-state index in [4.69, 9.17) is 4.74 Å². The molecule has 0 saturated carbocycles. The summed E-state index contributed by atoms with van der Waals surface area (Å²) in [6.07, 6.45) is 3.29. The van der Waals surface area contributed by atoms with Crippen LogP contribution in [0, 0.1) is 13.8 Å². The van der Waals surface area contributed by atoms with Crippen LogP contribution in [0.15, 0.2) is 30.3 Å². The van der Waals surface area contributed by atoms with Crippen molar-refractivity contribution in [1.29, 1.82) is 0 Å². The fourth-order valence-corrected chi connectivity index (χ4v) is 1.96. The van der Waals surface area contributed by atoms with Crippen molar-refractivity contribution in [2.24, 2.45) is 0 Å². The Morgan fingerprint density at radius 3 is 2.62 bits per heavy atom. The number of carbonyl (C=O) groups excluding carboxylic acids is 1. The molecule has 21 heavy (non-hydrogen) atoms. The molecule has 0 bridgehead atoms. The molecule has 110 valence electrons. The average molecular weight is 285 g/mol. The summed E-state index contributed by atoms with van der Waals surface area (Å²) >= 11 is 0. The van der Waals surface area contributed by atoms with E-state index >= 15 is 0 Å². The van der Waals surface area contributed by atoms with Crippen molar-refractivity contribution in [1.82, 2.24) is 15.5 Å². The van der Waals surface area contributed by atoms with Gasteiger partial charge in [0.25, 0.3) is 0 Å². The summed E-state index contributed by atoms with van der Waals surface area (Å²) in [5.41, 5.74) is 3.86. The van der Waals surface area contributed by atoms with E-state index in [1.165, 1.54) is 6.08 Å². The van der Waals surface area contributed by atoms with Gasteiger partial charge < -0.3 is 10.1 Å². The molecule has 2 N–H and O–H groups in total. The van der Waals surface area contributed by atoms with E-state index in [9.17, 15) is 4.79 Å². The molecule has 0 unspecified atom stereocenters. The van der Waals surface area contributed by atoms with Crippen LogP contribution in [0.1, 0.15) is 22.5 Å². The van der Waals surface area contributed by atoms with Gasteiger partial charge in [0.15, 0.2) is 0 Å². The number of hydrogen-bond acceptors (Lipinski definition) is 3. The predicted molar refractivity (Wildman–Crippen MR) is 81.9 cm³/mol. The first-order valence-corrected chi connectivity index (χ1v) is 6.70. The monoisotopic (exact) mass is 285 g/mol. The van der Waals surface area contributed by atoms with Crippen LogP contribution in [0.3, 0.4) is 0 Å². The molecule has 0 fully saturated rings. The number of aromatic nitrogens is 2. The van der Waals surface area contributed by atoms with E-state index in [-0.39, 0.29) is 5.91 Å². The normalized spacial score (nSPS) is 10.8. The van der Waals surface area contributed by atoms with Crippen LogP contribution in [-0.4, -0.2) is 23.2 Å². The molecular formula is C16H19N3O2. The van der Waals surface area contributed by atoms with Crippen molar-refractivity contribution in [2.45, 2.75) is 20.4 Å². The SMILES string of the molecule is COc1ccc(/C=C/C(=O)NCc2c(C)n[nH]c2C)cc1. The van der Waals surface area contributed by atoms with Gasteiger partial charge in [-0.15, -0.1) is 0 Å². The number of H-pyrrole nitrogens is 1. The molecule has 1 amide bonds. The maximum absolute atomic E-state index is 11.8. The minimum absolute atomic E-state index is 0.134. The molecule has 2 rings (SSSR count). The van der Waals surface area contributed by atoms with Crippen molar-refractivity contribution in [2.75, 3.05) is 7.11 Å².